The van der Waals surface area contributed by atoms with Crippen molar-refractivity contribution in [2.75, 3.05) is 37.7 Å². The molecule has 0 aromatic carbocycles. The van der Waals surface area contributed by atoms with Gasteiger partial charge in [-0.3, -0.25) is 4.68 Å². The lowest BCUT2D eigenvalue weighted by molar-refractivity contribution is 0.0267. The second-order valence-electron chi connectivity index (χ2n) is 11.2. The quantitative estimate of drug-likeness (QED) is 0.356. The fraction of sp³-hybridized carbons (Fsp3) is 0.481. The number of amides is 1. The van der Waals surface area contributed by atoms with E-state index in [1.165, 1.54) is 0 Å². The number of nitrogens with zero attached hydrogens (tertiary/aromatic N) is 11. The van der Waals surface area contributed by atoms with Crippen molar-refractivity contribution in [2.24, 2.45) is 7.05 Å². The third kappa shape index (κ3) is 6.01. The van der Waals surface area contributed by atoms with Crippen molar-refractivity contribution in [3.8, 4) is 11.3 Å². The third-order valence-corrected chi connectivity index (χ3v) is 6.90. The van der Waals surface area contributed by atoms with Gasteiger partial charge in [-0.15, -0.1) is 5.10 Å². The molecule has 14 nitrogen and oxygen atoms in total. The lowest BCUT2D eigenvalue weighted by Gasteiger charge is -2.33. The van der Waals surface area contributed by atoms with Crippen molar-refractivity contribution < 1.29 is 14.3 Å². The summed E-state index contributed by atoms with van der Waals surface area (Å²) in [6.07, 6.45) is 11.3. The van der Waals surface area contributed by atoms with Crippen LogP contribution in [0.1, 0.15) is 32.8 Å². The third-order valence-electron chi connectivity index (χ3n) is 6.90. The summed E-state index contributed by atoms with van der Waals surface area (Å²) >= 11 is 0. The van der Waals surface area contributed by atoms with Crippen molar-refractivity contribution in [2.45, 2.75) is 45.4 Å². The van der Waals surface area contributed by atoms with Crippen LogP contribution >= 0.6 is 0 Å². The minimum Gasteiger partial charge on any atom is -0.444 e. The molecule has 0 spiro atoms. The van der Waals surface area contributed by atoms with Gasteiger partial charge in [0.2, 0.25) is 11.6 Å². The molecule has 0 radical (unpaired) electrons. The van der Waals surface area contributed by atoms with Crippen molar-refractivity contribution >= 4 is 28.9 Å². The summed E-state index contributed by atoms with van der Waals surface area (Å²) in [4.78, 5) is 34.7. The predicted molar refractivity (Wildman–Crippen MR) is 150 cm³/mol. The molecule has 0 N–H and O–H groups in total. The highest BCUT2D eigenvalue weighted by molar-refractivity contribution is 5.72. The van der Waals surface area contributed by atoms with Gasteiger partial charge in [-0.1, -0.05) is 11.3 Å². The van der Waals surface area contributed by atoms with Crippen LogP contribution in [0.25, 0.3) is 28.1 Å². The van der Waals surface area contributed by atoms with Crippen LogP contribution in [0.4, 0.5) is 10.7 Å². The molecular formula is C27H33N11O3. The molecule has 2 aliphatic rings. The first-order valence-electron chi connectivity index (χ1n) is 13.6. The van der Waals surface area contributed by atoms with E-state index in [4.69, 9.17) is 14.5 Å². The zero-order valence-corrected chi connectivity index (χ0v) is 23.6. The summed E-state index contributed by atoms with van der Waals surface area (Å²) < 4.78 is 15.0. The second kappa shape index (κ2) is 10.8. The molecule has 1 unspecified atom stereocenters. The first-order valence-corrected chi connectivity index (χ1v) is 13.6. The monoisotopic (exact) mass is 559 g/mol. The summed E-state index contributed by atoms with van der Waals surface area (Å²) in [5.74, 6) is 0.649. The van der Waals surface area contributed by atoms with E-state index in [9.17, 15) is 4.79 Å². The zero-order valence-electron chi connectivity index (χ0n) is 23.6. The molecule has 14 heteroatoms. The van der Waals surface area contributed by atoms with Gasteiger partial charge in [0.25, 0.3) is 0 Å². The smallest absolute Gasteiger partial charge is 0.410 e. The number of fused-ring (bicyclic) bond motifs is 1. The predicted octanol–water partition coefficient (Wildman–Crippen LogP) is 2.34. The Kier molecular flexibility index (Phi) is 7.07. The Morgan fingerprint density at radius 2 is 1.93 bits per heavy atom. The highest BCUT2D eigenvalue weighted by Gasteiger charge is 2.26. The van der Waals surface area contributed by atoms with Crippen molar-refractivity contribution in [1.29, 1.82) is 0 Å². The van der Waals surface area contributed by atoms with Gasteiger partial charge < -0.3 is 19.3 Å². The van der Waals surface area contributed by atoms with Gasteiger partial charge in [-0.25, -0.2) is 29.4 Å². The topological polar surface area (TPSA) is 142 Å². The number of carbonyl (C=O) groups is 1. The maximum absolute atomic E-state index is 12.4. The van der Waals surface area contributed by atoms with E-state index >= 15 is 0 Å². The number of rotatable bonds is 5. The maximum Gasteiger partial charge on any atom is 0.410 e. The number of ether oxygens (including phenoxy) is 2. The van der Waals surface area contributed by atoms with Gasteiger partial charge in [-0.05, 0) is 32.8 Å². The van der Waals surface area contributed by atoms with E-state index in [1.54, 1.807) is 26.7 Å². The Morgan fingerprint density at radius 1 is 1.10 bits per heavy atom. The zero-order chi connectivity index (χ0) is 28.6. The van der Waals surface area contributed by atoms with E-state index < -0.39 is 5.60 Å². The van der Waals surface area contributed by atoms with Crippen LogP contribution in [0.2, 0.25) is 0 Å². The molecular weight excluding hydrogens is 526 g/mol. The second-order valence-corrected chi connectivity index (χ2v) is 11.2. The molecule has 1 atom stereocenters. The molecule has 6 rings (SSSR count). The average molecular weight is 560 g/mol. The van der Waals surface area contributed by atoms with Crippen LogP contribution in [0.3, 0.4) is 0 Å². The number of morpholine rings is 1. The molecule has 1 saturated heterocycles. The average Bonchev–Trinajstić information content (AvgIpc) is 3.58. The fourth-order valence-corrected chi connectivity index (χ4v) is 4.85. The minimum atomic E-state index is -0.510. The van der Waals surface area contributed by atoms with Crippen molar-refractivity contribution in [3.63, 3.8) is 0 Å². The van der Waals surface area contributed by atoms with E-state index in [0.29, 0.717) is 62.3 Å². The molecule has 4 aromatic rings. The molecule has 0 bridgehead atoms. The van der Waals surface area contributed by atoms with Gasteiger partial charge >= 0.3 is 6.09 Å². The molecule has 0 aliphatic carbocycles. The molecule has 4 aromatic heterocycles. The van der Waals surface area contributed by atoms with Crippen LogP contribution < -0.4 is 4.90 Å². The summed E-state index contributed by atoms with van der Waals surface area (Å²) in [5, 5.41) is 12.7. The van der Waals surface area contributed by atoms with Crippen molar-refractivity contribution in [1.82, 2.24) is 49.6 Å². The molecule has 1 fully saturated rings. The standard InChI is InChI=1S/C27H33N11O3/c1-27(2,3)41-26(39)36-7-5-18(6-8-36)19-11-29-25(30-12-19)37-9-10-40-21(16-37)17-38-24-23(33-34-38)28-14-22(32-24)20-13-31-35(4)15-20/h5,11-15,21H,6-10,16-17H2,1-4H3. The van der Waals surface area contributed by atoms with E-state index in [2.05, 4.69) is 35.3 Å². The molecule has 2 aliphatic heterocycles. The number of carbonyl (C=O) groups excluding carboxylic acids is 1. The number of hydrogen-bond acceptors (Lipinski definition) is 11. The fourth-order valence-electron chi connectivity index (χ4n) is 4.85. The van der Waals surface area contributed by atoms with Gasteiger partial charge in [0, 0.05) is 62.9 Å². The normalized spacial score (nSPS) is 18.0. The minimum absolute atomic E-state index is 0.152. The highest BCUT2D eigenvalue weighted by Crippen LogP contribution is 2.24. The van der Waals surface area contributed by atoms with Crippen LogP contribution in [0.5, 0.6) is 0 Å². The molecule has 1 amide bonds. The number of anilines is 1. The maximum atomic E-state index is 12.4. The first kappa shape index (κ1) is 26.7. The molecule has 214 valence electrons. The van der Waals surface area contributed by atoms with Gasteiger partial charge in [0.1, 0.15) is 5.60 Å². The number of aryl methyl sites for hydroxylation is 1. The summed E-state index contributed by atoms with van der Waals surface area (Å²) in [7, 11) is 1.86. The van der Waals surface area contributed by atoms with Gasteiger partial charge in [0.15, 0.2) is 5.65 Å². The largest absolute Gasteiger partial charge is 0.444 e. The first-order chi connectivity index (χ1) is 19.7. The van der Waals surface area contributed by atoms with Crippen LogP contribution in [0, 0.1) is 0 Å². The van der Waals surface area contributed by atoms with Crippen molar-refractivity contribution in [3.05, 3.63) is 42.6 Å². The van der Waals surface area contributed by atoms with E-state index in [-0.39, 0.29) is 12.2 Å². The molecule has 41 heavy (non-hydrogen) atoms. The lowest BCUT2D eigenvalue weighted by Crippen LogP contribution is -2.45. The Bertz CT molecular complexity index is 1570. The van der Waals surface area contributed by atoms with Crippen LogP contribution in [-0.4, -0.2) is 100 Å². The van der Waals surface area contributed by atoms with E-state index in [0.717, 1.165) is 23.1 Å². The van der Waals surface area contributed by atoms with Gasteiger partial charge in [0.05, 0.1) is 37.3 Å². The summed E-state index contributed by atoms with van der Waals surface area (Å²) in [6, 6.07) is 0. The molecule has 6 heterocycles. The SMILES string of the molecule is Cn1cc(-c2cnc3nnn(CC4CN(c5ncc(C6=CCN(C(=O)OC(C)(C)C)CC6)cn5)CCO4)c3n2)cn1. The van der Waals surface area contributed by atoms with Gasteiger partial charge in [-0.2, -0.15) is 5.10 Å². The summed E-state index contributed by atoms with van der Waals surface area (Å²) in [6.45, 7) is 9.01. The lowest BCUT2D eigenvalue weighted by atomic mass is 10.0. The Balaban J connectivity index is 1.09. The number of hydrogen-bond donors (Lipinski definition) is 0. The number of aromatic nitrogens is 9. The molecule has 0 saturated carbocycles. The summed E-state index contributed by atoms with van der Waals surface area (Å²) in [5.41, 5.74) is 4.23. The highest BCUT2D eigenvalue weighted by atomic mass is 16.6. The van der Waals surface area contributed by atoms with Crippen LogP contribution in [0.15, 0.2) is 37.1 Å². The van der Waals surface area contributed by atoms with E-state index in [1.807, 2.05) is 52.5 Å². The Hall–Kier alpha value is -4.46. The van der Waals surface area contributed by atoms with Crippen LogP contribution in [-0.2, 0) is 23.1 Å². The Labute approximate surface area is 237 Å². The Morgan fingerprint density at radius 3 is 2.63 bits per heavy atom.